The Hall–Kier alpha value is -1.22. The number of rotatable bonds is 4. The van der Waals surface area contributed by atoms with Crippen LogP contribution in [0.5, 0.6) is 5.75 Å². The van der Waals surface area contributed by atoms with Gasteiger partial charge in [0.2, 0.25) is 0 Å². The Morgan fingerprint density at radius 2 is 2.31 bits per heavy atom. The summed E-state index contributed by atoms with van der Waals surface area (Å²) in [7, 11) is 1.68. The minimum absolute atomic E-state index is 0.169. The van der Waals surface area contributed by atoms with Crippen LogP contribution in [0, 0.1) is 0 Å². The van der Waals surface area contributed by atoms with Gasteiger partial charge in [0.15, 0.2) is 0 Å². The van der Waals surface area contributed by atoms with Crippen molar-refractivity contribution in [3.05, 3.63) is 24.3 Å². The highest BCUT2D eigenvalue weighted by Crippen LogP contribution is 2.15. The van der Waals surface area contributed by atoms with Crippen molar-refractivity contribution in [1.29, 1.82) is 0 Å². The van der Waals surface area contributed by atoms with E-state index in [0.29, 0.717) is 0 Å². The molecule has 72 valence electrons. The Balaban J connectivity index is 2.45. The quantitative estimate of drug-likeness (QED) is 0.744. The van der Waals surface area contributed by atoms with E-state index >= 15 is 0 Å². The second kappa shape index (κ2) is 4.72. The lowest BCUT2D eigenvalue weighted by Crippen LogP contribution is -2.17. The number of phenols is 1. The topological polar surface area (TPSA) is 41.5 Å². The van der Waals surface area contributed by atoms with Gasteiger partial charge in [0.05, 0.1) is 6.10 Å². The van der Waals surface area contributed by atoms with Gasteiger partial charge in [-0.25, -0.2) is 0 Å². The second-order valence-corrected chi connectivity index (χ2v) is 2.98. The van der Waals surface area contributed by atoms with Gasteiger partial charge in [0.25, 0.3) is 0 Å². The van der Waals surface area contributed by atoms with Gasteiger partial charge in [-0.15, -0.1) is 0 Å². The highest BCUT2D eigenvalue weighted by molar-refractivity contribution is 5.47. The van der Waals surface area contributed by atoms with Gasteiger partial charge in [-0.05, 0) is 19.1 Å². The van der Waals surface area contributed by atoms with E-state index in [-0.39, 0.29) is 11.9 Å². The first-order chi connectivity index (χ1) is 6.22. The van der Waals surface area contributed by atoms with Gasteiger partial charge in [-0.1, -0.05) is 6.07 Å². The molecule has 0 heterocycles. The first-order valence-electron chi connectivity index (χ1n) is 4.28. The molecular weight excluding hydrogens is 166 g/mol. The van der Waals surface area contributed by atoms with Crippen molar-refractivity contribution in [2.24, 2.45) is 0 Å². The van der Waals surface area contributed by atoms with Gasteiger partial charge < -0.3 is 15.2 Å². The van der Waals surface area contributed by atoms with E-state index in [1.165, 1.54) is 0 Å². The first kappa shape index (κ1) is 9.86. The average Bonchev–Trinajstić information content (AvgIpc) is 2.14. The number of ether oxygens (including phenoxy) is 1. The number of phenolic OH excluding ortho intramolecular Hbond substituents is 1. The van der Waals surface area contributed by atoms with E-state index in [0.717, 1.165) is 12.2 Å². The molecule has 0 saturated carbocycles. The van der Waals surface area contributed by atoms with Crippen LogP contribution in [0.2, 0.25) is 0 Å². The maximum absolute atomic E-state index is 9.16. The first-order valence-corrected chi connectivity index (χ1v) is 4.28. The molecule has 0 bridgehead atoms. The zero-order valence-electron chi connectivity index (χ0n) is 7.95. The molecule has 1 unspecified atom stereocenters. The molecule has 1 rings (SSSR count). The number of aromatic hydroxyl groups is 1. The molecule has 3 nitrogen and oxygen atoms in total. The normalized spacial score (nSPS) is 12.5. The summed E-state index contributed by atoms with van der Waals surface area (Å²) in [5.74, 6) is 0.273. The van der Waals surface area contributed by atoms with Gasteiger partial charge in [-0.2, -0.15) is 0 Å². The molecule has 2 N–H and O–H groups in total. The van der Waals surface area contributed by atoms with Crippen molar-refractivity contribution in [3.8, 4) is 5.75 Å². The largest absolute Gasteiger partial charge is 0.508 e. The third-order valence-electron chi connectivity index (χ3n) is 1.84. The Labute approximate surface area is 78.3 Å². The van der Waals surface area contributed by atoms with E-state index in [9.17, 15) is 0 Å². The fraction of sp³-hybridized carbons (Fsp3) is 0.400. The van der Waals surface area contributed by atoms with Gasteiger partial charge in [0.1, 0.15) is 5.75 Å². The number of nitrogens with one attached hydrogen (secondary N) is 1. The number of hydrogen-bond donors (Lipinski definition) is 2. The number of hydrogen-bond acceptors (Lipinski definition) is 3. The predicted octanol–water partition coefficient (Wildman–Crippen LogP) is 1.84. The monoisotopic (exact) mass is 181 g/mol. The fourth-order valence-corrected chi connectivity index (χ4v) is 0.961. The zero-order chi connectivity index (χ0) is 9.68. The standard InChI is InChI=1S/C10H15NO2/c1-8(13-2)7-11-9-4-3-5-10(12)6-9/h3-6,8,11-12H,7H2,1-2H3. The van der Waals surface area contributed by atoms with Crippen LogP contribution in [0.3, 0.4) is 0 Å². The third-order valence-corrected chi connectivity index (χ3v) is 1.84. The average molecular weight is 181 g/mol. The second-order valence-electron chi connectivity index (χ2n) is 2.98. The van der Waals surface area contributed by atoms with Crippen LogP contribution in [0.1, 0.15) is 6.92 Å². The lowest BCUT2D eigenvalue weighted by Gasteiger charge is -2.11. The maximum atomic E-state index is 9.16. The summed E-state index contributed by atoms with van der Waals surface area (Å²) in [4.78, 5) is 0. The molecule has 0 aliphatic rings. The van der Waals surface area contributed by atoms with Crippen LogP contribution in [0.25, 0.3) is 0 Å². The molecule has 1 atom stereocenters. The molecule has 3 heteroatoms. The Morgan fingerprint density at radius 3 is 2.92 bits per heavy atom. The zero-order valence-corrected chi connectivity index (χ0v) is 7.95. The molecule has 0 fully saturated rings. The summed E-state index contributed by atoms with van der Waals surface area (Å²) in [6, 6.07) is 7.03. The molecule has 0 spiro atoms. The lowest BCUT2D eigenvalue weighted by atomic mass is 10.3. The Morgan fingerprint density at radius 1 is 1.54 bits per heavy atom. The predicted molar refractivity (Wildman–Crippen MR) is 53.1 cm³/mol. The summed E-state index contributed by atoms with van der Waals surface area (Å²) in [6.45, 7) is 2.72. The van der Waals surface area contributed by atoms with Crippen LogP contribution < -0.4 is 5.32 Å². The van der Waals surface area contributed by atoms with Gasteiger partial charge >= 0.3 is 0 Å². The van der Waals surface area contributed by atoms with Crippen LogP contribution in [0.15, 0.2) is 24.3 Å². The summed E-state index contributed by atoms with van der Waals surface area (Å²) in [5.41, 5.74) is 0.906. The van der Waals surface area contributed by atoms with E-state index in [1.807, 2.05) is 13.0 Å². The number of anilines is 1. The fourth-order valence-electron chi connectivity index (χ4n) is 0.961. The van der Waals surface area contributed by atoms with Crippen LogP contribution in [0.4, 0.5) is 5.69 Å². The molecule has 0 amide bonds. The van der Waals surface area contributed by atoms with Crippen molar-refractivity contribution in [2.45, 2.75) is 13.0 Å². The summed E-state index contributed by atoms with van der Waals surface area (Å²) >= 11 is 0. The van der Waals surface area contributed by atoms with Crippen molar-refractivity contribution in [3.63, 3.8) is 0 Å². The highest BCUT2D eigenvalue weighted by atomic mass is 16.5. The van der Waals surface area contributed by atoms with Crippen LogP contribution in [-0.2, 0) is 4.74 Å². The molecule has 0 aromatic heterocycles. The van der Waals surface area contributed by atoms with E-state index in [2.05, 4.69) is 5.32 Å². The van der Waals surface area contributed by atoms with Crippen molar-refractivity contribution in [2.75, 3.05) is 19.0 Å². The molecule has 13 heavy (non-hydrogen) atoms. The smallest absolute Gasteiger partial charge is 0.117 e. The number of methoxy groups -OCH3 is 1. The summed E-state index contributed by atoms with van der Waals surface area (Å²) in [6.07, 6.45) is 0.169. The van der Waals surface area contributed by atoms with Gasteiger partial charge in [0, 0.05) is 25.4 Å². The van der Waals surface area contributed by atoms with Gasteiger partial charge in [-0.3, -0.25) is 0 Å². The lowest BCUT2D eigenvalue weighted by molar-refractivity contribution is 0.129. The molecular formula is C10H15NO2. The van der Waals surface area contributed by atoms with Crippen molar-refractivity contribution >= 4 is 5.69 Å². The minimum atomic E-state index is 0.169. The molecule has 0 radical (unpaired) electrons. The third kappa shape index (κ3) is 3.34. The highest BCUT2D eigenvalue weighted by Gasteiger charge is 1.98. The van der Waals surface area contributed by atoms with Crippen molar-refractivity contribution in [1.82, 2.24) is 0 Å². The molecule has 1 aromatic rings. The van der Waals surface area contributed by atoms with E-state index < -0.39 is 0 Å². The van der Waals surface area contributed by atoms with E-state index in [4.69, 9.17) is 9.84 Å². The van der Waals surface area contributed by atoms with Crippen LogP contribution in [-0.4, -0.2) is 24.9 Å². The summed E-state index contributed by atoms with van der Waals surface area (Å²) in [5, 5.41) is 12.3. The van der Waals surface area contributed by atoms with Crippen molar-refractivity contribution < 1.29 is 9.84 Å². The Bertz CT molecular complexity index is 263. The van der Waals surface area contributed by atoms with Crippen LogP contribution >= 0.6 is 0 Å². The molecule has 0 aliphatic heterocycles. The minimum Gasteiger partial charge on any atom is -0.508 e. The summed E-state index contributed by atoms with van der Waals surface area (Å²) < 4.78 is 5.08. The Kier molecular flexibility index (Phi) is 3.58. The molecule has 0 saturated heterocycles. The molecule has 1 aromatic carbocycles. The van der Waals surface area contributed by atoms with E-state index in [1.54, 1.807) is 25.3 Å². The molecule has 0 aliphatic carbocycles. The number of benzene rings is 1. The maximum Gasteiger partial charge on any atom is 0.117 e. The SMILES string of the molecule is COC(C)CNc1cccc(O)c1.